The van der Waals surface area contributed by atoms with Gasteiger partial charge in [0.15, 0.2) is 5.78 Å². The van der Waals surface area contributed by atoms with Gasteiger partial charge in [-0.3, -0.25) is 9.69 Å². The first-order chi connectivity index (χ1) is 14.0. The molecule has 0 amide bonds. The van der Waals surface area contributed by atoms with Crippen molar-refractivity contribution in [3.63, 3.8) is 0 Å². The summed E-state index contributed by atoms with van der Waals surface area (Å²) in [4.78, 5) is 14.6. The van der Waals surface area contributed by atoms with E-state index in [0.717, 1.165) is 23.2 Å². The molecule has 3 aromatic rings. The number of ether oxygens (including phenoxy) is 1. The molecule has 0 N–H and O–H groups in total. The normalized spacial score (nSPS) is 18.7. The predicted molar refractivity (Wildman–Crippen MR) is 117 cm³/mol. The highest BCUT2D eigenvalue weighted by Gasteiger charge is 2.41. The molecule has 1 heterocycles. The molecular formula is C26H27NO2. The lowest BCUT2D eigenvalue weighted by Gasteiger charge is -2.34. The second kappa shape index (κ2) is 7.94. The molecule has 0 bridgehead atoms. The molecule has 1 atom stereocenters. The Bertz CT molecular complexity index is 1010. The van der Waals surface area contributed by atoms with E-state index in [1.54, 1.807) is 6.92 Å². The summed E-state index contributed by atoms with van der Waals surface area (Å²) in [6.07, 6.45) is 0. The molecule has 29 heavy (non-hydrogen) atoms. The smallest absolute Gasteiger partial charge is 0.160 e. The van der Waals surface area contributed by atoms with Gasteiger partial charge in [0.1, 0.15) is 5.72 Å². The van der Waals surface area contributed by atoms with Gasteiger partial charge >= 0.3 is 0 Å². The zero-order valence-electron chi connectivity index (χ0n) is 17.3. The Morgan fingerprint density at radius 2 is 1.55 bits per heavy atom. The van der Waals surface area contributed by atoms with Gasteiger partial charge in [-0.05, 0) is 43.0 Å². The van der Waals surface area contributed by atoms with Crippen LogP contribution in [0.3, 0.4) is 0 Å². The van der Waals surface area contributed by atoms with Crippen LogP contribution in [0.15, 0.2) is 78.9 Å². The van der Waals surface area contributed by atoms with Gasteiger partial charge in [-0.15, -0.1) is 0 Å². The minimum Gasteiger partial charge on any atom is -0.359 e. The SMILES string of the molecule is CC(=O)c1ccccc1-c1ccccc1CN1[C@H](c2ccccc2)COC1(C)C. The van der Waals surface area contributed by atoms with Crippen molar-refractivity contribution in [2.75, 3.05) is 6.61 Å². The maximum Gasteiger partial charge on any atom is 0.160 e. The van der Waals surface area contributed by atoms with Crippen LogP contribution in [0, 0.1) is 0 Å². The van der Waals surface area contributed by atoms with E-state index in [-0.39, 0.29) is 17.6 Å². The summed E-state index contributed by atoms with van der Waals surface area (Å²) in [6.45, 7) is 7.30. The average molecular weight is 386 g/mol. The second-order valence-corrected chi connectivity index (χ2v) is 8.07. The highest BCUT2D eigenvalue weighted by Crippen LogP contribution is 2.39. The Balaban J connectivity index is 1.74. The fourth-order valence-corrected chi connectivity index (χ4v) is 4.21. The monoisotopic (exact) mass is 385 g/mol. The van der Waals surface area contributed by atoms with Crippen LogP contribution < -0.4 is 0 Å². The maximum absolute atomic E-state index is 12.2. The van der Waals surface area contributed by atoms with Crippen molar-refractivity contribution < 1.29 is 9.53 Å². The average Bonchev–Trinajstić information content (AvgIpc) is 3.03. The first-order valence-corrected chi connectivity index (χ1v) is 10.1. The lowest BCUT2D eigenvalue weighted by Crippen LogP contribution is -2.40. The standard InChI is InChI=1S/C26H27NO2/c1-19(28)22-14-9-10-16-24(22)23-15-8-7-13-21(23)17-27-25(18-29-26(27,2)3)20-11-5-4-6-12-20/h4-16,25H,17-18H2,1-3H3/t25-/m0/s1. The van der Waals surface area contributed by atoms with E-state index in [9.17, 15) is 4.79 Å². The predicted octanol–water partition coefficient (Wildman–Crippen LogP) is 5.87. The highest BCUT2D eigenvalue weighted by molar-refractivity contribution is 6.01. The number of benzene rings is 3. The summed E-state index contributed by atoms with van der Waals surface area (Å²) in [5.41, 5.74) is 4.95. The minimum absolute atomic E-state index is 0.0856. The molecular weight excluding hydrogens is 358 g/mol. The maximum atomic E-state index is 12.2. The van der Waals surface area contributed by atoms with Crippen LogP contribution >= 0.6 is 0 Å². The van der Waals surface area contributed by atoms with Crippen LogP contribution in [-0.4, -0.2) is 23.0 Å². The van der Waals surface area contributed by atoms with Gasteiger partial charge in [-0.1, -0.05) is 78.9 Å². The molecule has 0 saturated carbocycles. The van der Waals surface area contributed by atoms with Gasteiger partial charge in [0.2, 0.25) is 0 Å². The minimum atomic E-state index is -0.367. The third-order valence-corrected chi connectivity index (χ3v) is 5.80. The molecule has 3 nitrogen and oxygen atoms in total. The van der Waals surface area contributed by atoms with E-state index in [0.29, 0.717) is 6.61 Å². The molecule has 1 fully saturated rings. The van der Waals surface area contributed by atoms with Crippen LogP contribution in [0.2, 0.25) is 0 Å². The summed E-state index contributed by atoms with van der Waals surface area (Å²) in [5, 5.41) is 0. The number of hydrogen-bond donors (Lipinski definition) is 0. The van der Waals surface area contributed by atoms with Crippen molar-refractivity contribution in [2.45, 2.75) is 39.1 Å². The van der Waals surface area contributed by atoms with Crippen LogP contribution in [0.1, 0.15) is 48.3 Å². The number of Topliss-reactive ketones (excluding diaryl/α,β-unsaturated/α-hetero) is 1. The summed E-state index contributed by atoms with van der Waals surface area (Å²) in [7, 11) is 0. The third-order valence-electron chi connectivity index (χ3n) is 5.80. The number of carbonyl (C=O) groups excluding carboxylic acids is 1. The van der Waals surface area contributed by atoms with Gasteiger partial charge in [0.05, 0.1) is 12.6 Å². The summed E-state index contributed by atoms with van der Waals surface area (Å²) in [6, 6.07) is 27.0. The van der Waals surface area contributed by atoms with Gasteiger partial charge in [-0.2, -0.15) is 0 Å². The van der Waals surface area contributed by atoms with E-state index < -0.39 is 0 Å². The molecule has 0 unspecified atom stereocenters. The van der Waals surface area contributed by atoms with Crippen LogP contribution in [-0.2, 0) is 11.3 Å². The van der Waals surface area contributed by atoms with Gasteiger partial charge in [-0.25, -0.2) is 0 Å². The fourth-order valence-electron chi connectivity index (χ4n) is 4.21. The van der Waals surface area contributed by atoms with Crippen molar-refractivity contribution in [1.29, 1.82) is 0 Å². The highest BCUT2D eigenvalue weighted by atomic mass is 16.5. The molecule has 3 aromatic carbocycles. The van der Waals surface area contributed by atoms with Crippen molar-refractivity contribution in [1.82, 2.24) is 4.90 Å². The molecule has 1 aliphatic heterocycles. The van der Waals surface area contributed by atoms with Crippen LogP contribution in [0.25, 0.3) is 11.1 Å². The van der Waals surface area contributed by atoms with E-state index in [1.807, 2.05) is 36.4 Å². The number of carbonyl (C=O) groups is 1. The Labute approximate surface area is 172 Å². The third kappa shape index (κ3) is 3.89. The number of nitrogens with zero attached hydrogens (tertiary/aromatic N) is 1. The second-order valence-electron chi connectivity index (χ2n) is 8.07. The zero-order valence-corrected chi connectivity index (χ0v) is 17.3. The van der Waals surface area contributed by atoms with Gasteiger partial charge in [0.25, 0.3) is 0 Å². The molecule has 0 aromatic heterocycles. The largest absolute Gasteiger partial charge is 0.359 e. The van der Waals surface area contributed by atoms with Gasteiger partial charge < -0.3 is 4.74 Å². The fraction of sp³-hybridized carbons (Fsp3) is 0.269. The number of hydrogen-bond acceptors (Lipinski definition) is 3. The van der Waals surface area contributed by atoms with E-state index in [4.69, 9.17) is 4.74 Å². The van der Waals surface area contributed by atoms with E-state index in [1.165, 1.54) is 11.1 Å². The molecule has 148 valence electrons. The quantitative estimate of drug-likeness (QED) is 0.515. The molecule has 1 saturated heterocycles. The summed E-state index contributed by atoms with van der Waals surface area (Å²) >= 11 is 0. The lowest BCUT2D eigenvalue weighted by atomic mass is 9.93. The molecule has 1 aliphatic rings. The Kier molecular flexibility index (Phi) is 5.35. The molecule has 0 spiro atoms. The van der Waals surface area contributed by atoms with Crippen molar-refractivity contribution >= 4 is 5.78 Å². The molecule has 3 heteroatoms. The first kappa shape index (κ1) is 19.6. The van der Waals surface area contributed by atoms with Crippen molar-refractivity contribution in [3.8, 4) is 11.1 Å². The summed E-state index contributed by atoms with van der Waals surface area (Å²) in [5.74, 6) is 0.0856. The van der Waals surface area contributed by atoms with E-state index >= 15 is 0 Å². The van der Waals surface area contributed by atoms with Crippen molar-refractivity contribution in [2.24, 2.45) is 0 Å². The van der Waals surface area contributed by atoms with Crippen LogP contribution in [0.4, 0.5) is 0 Å². The molecule has 0 aliphatic carbocycles. The lowest BCUT2D eigenvalue weighted by molar-refractivity contribution is -0.0577. The van der Waals surface area contributed by atoms with E-state index in [2.05, 4.69) is 61.2 Å². The zero-order chi connectivity index (χ0) is 20.4. The number of rotatable bonds is 5. The Hall–Kier alpha value is -2.75. The molecule has 0 radical (unpaired) electrons. The molecule has 4 rings (SSSR count). The van der Waals surface area contributed by atoms with Crippen molar-refractivity contribution in [3.05, 3.63) is 95.6 Å². The summed E-state index contributed by atoms with van der Waals surface area (Å²) < 4.78 is 6.17. The Morgan fingerprint density at radius 3 is 2.28 bits per heavy atom. The first-order valence-electron chi connectivity index (χ1n) is 10.1. The van der Waals surface area contributed by atoms with Gasteiger partial charge in [0, 0.05) is 12.1 Å². The number of ketones is 1. The van der Waals surface area contributed by atoms with Crippen LogP contribution in [0.5, 0.6) is 0 Å². The topological polar surface area (TPSA) is 29.5 Å². The Morgan fingerprint density at radius 1 is 0.931 bits per heavy atom.